The van der Waals surface area contributed by atoms with E-state index in [1.165, 1.54) is 98.3 Å². The van der Waals surface area contributed by atoms with Crippen LogP contribution < -0.4 is 0 Å². The molecule has 2 heteroatoms. The Morgan fingerprint density at radius 3 is 1.56 bits per heavy atom. The first-order valence-electron chi connectivity index (χ1n) is 11.5. The average Bonchev–Trinajstić information content (AvgIpc) is 2.68. The number of rotatable bonds is 18. The Bertz CT molecular complexity index is 419. The summed E-state index contributed by atoms with van der Waals surface area (Å²) < 4.78 is 0. The number of hydrogen-bond donors (Lipinski definition) is 0. The van der Waals surface area contributed by atoms with E-state index in [4.69, 9.17) is 0 Å². The van der Waals surface area contributed by atoms with Crippen molar-refractivity contribution in [3.05, 3.63) is 30.7 Å². The van der Waals surface area contributed by atoms with Crippen molar-refractivity contribution in [2.45, 2.75) is 114 Å². The van der Waals surface area contributed by atoms with E-state index >= 15 is 0 Å². The predicted octanol–water partition coefficient (Wildman–Crippen LogP) is 9.36. The molecule has 1 radical (unpaired) electrons. The zero-order valence-electron chi connectivity index (χ0n) is 18.1. The van der Waals surface area contributed by atoms with E-state index in [0.29, 0.717) is 0 Å². The van der Waals surface area contributed by atoms with E-state index in [1.54, 1.807) is 5.56 Å². The lowest BCUT2D eigenvalue weighted by Gasteiger charge is -2.14. The SMILES string of the molecule is [CH2]CCc1c(SCCCCCCCC)cccc1SCCCCCCCC. The highest BCUT2D eigenvalue weighted by Gasteiger charge is 2.09. The highest BCUT2D eigenvalue weighted by Crippen LogP contribution is 2.33. The highest BCUT2D eigenvalue weighted by molar-refractivity contribution is 8.00. The highest BCUT2D eigenvalue weighted by atomic mass is 32.2. The van der Waals surface area contributed by atoms with Gasteiger partial charge in [-0.1, -0.05) is 91.0 Å². The van der Waals surface area contributed by atoms with Crippen LogP contribution in [0, 0.1) is 6.92 Å². The van der Waals surface area contributed by atoms with E-state index in [9.17, 15) is 0 Å². The maximum atomic E-state index is 4.12. The summed E-state index contributed by atoms with van der Waals surface area (Å²) in [4.78, 5) is 3.03. The first kappa shape index (κ1) is 25.0. The molecule has 0 saturated carbocycles. The summed E-state index contributed by atoms with van der Waals surface area (Å²) in [6.45, 7) is 8.70. The van der Waals surface area contributed by atoms with Crippen molar-refractivity contribution in [1.29, 1.82) is 0 Å². The second-order valence-corrected chi connectivity index (χ2v) is 9.84. The van der Waals surface area contributed by atoms with Crippen molar-refractivity contribution in [3.8, 4) is 0 Å². The molecule has 0 saturated heterocycles. The molecule has 0 heterocycles. The van der Waals surface area contributed by atoms with Crippen LogP contribution in [0.15, 0.2) is 28.0 Å². The Kier molecular flexibility index (Phi) is 16.6. The summed E-state index contributed by atoms with van der Waals surface area (Å²) >= 11 is 4.15. The molecule has 0 aliphatic rings. The maximum absolute atomic E-state index is 4.12. The van der Waals surface area contributed by atoms with E-state index in [1.807, 2.05) is 0 Å². The van der Waals surface area contributed by atoms with Crippen LogP contribution in [0.2, 0.25) is 0 Å². The summed E-state index contributed by atoms with van der Waals surface area (Å²) in [7, 11) is 0. The van der Waals surface area contributed by atoms with Crippen LogP contribution in [0.1, 0.15) is 103 Å². The Balaban J connectivity index is 2.38. The molecule has 1 aromatic carbocycles. The summed E-state index contributed by atoms with van der Waals surface area (Å²) in [6, 6.07) is 6.93. The van der Waals surface area contributed by atoms with E-state index in [0.717, 1.165) is 12.8 Å². The molecule has 0 amide bonds. The smallest absolute Gasteiger partial charge is 0.0115 e. The fourth-order valence-corrected chi connectivity index (χ4v) is 5.69. The van der Waals surface area contributed by atoms with Crippen LogP contribution in [0.4, 0.5) is 0 Å². The van der Waals surface area contributed by atoms with E-state index in [-0.39, 0.29) is 0 Å². The second kappa shape index (κ2) is 18.0. The van der Waals surface area contributed by atoms with Gasteiger partial charge in [0.1, 0.15) is 0 Å². The van der Waals surface area contributed by atoms with Gasteiger partial charge in [-0.05, 0) is 54.9 Å². The first-order valence-corrected chi connectivity index (χ1v) is 13.5. The third-order valence-corrected chi connectivity index (χ3v) is 7.40. The van der Waals surface area contributed by atoms with Crippen molar-refractivity contribution in [2.24, 2.45) is 0 Å². The summed E-state index contributed by atoms with van der Waals surface area (Å²) in [6.07, 6.45) is 18.8. The Hall–Kier alpha value is -0.0800. The van der Waals surface area contributed by atoms with Gasteiger partial charge in [-0.15, -0.1) is 23.5 Å². The van der Waals surface area contributed by atoms with Gasteiger partial charge >= 0.3 is 0 Å². The van der Waals surface area contributed by atoms with Gasteiger partial charge in [0.2, 0.25) is 0 Å². The summed E-state index contributed by atoms with van der Waals surface area (Å²) in [5.41, 5.74) is 1.57. The number of hydrogen-bond acceptors (Lipinski definition) is 2. The number of benzene rings is 1. The normalized spacial score (nSPS) is 11.2. The van der Waals surface area contributed by atoms with Gasteiger partial charge in [0.25, 0.3) is 0 Å². The molecule has 0 bridgehead atoms. The van der Waals surface area contributed by atoms with Crippen LogP contribution >= 0.6 is 23.5 Å². The lowest BCUT2D eigenvalue weighted by Crippen LogP contribution is -1.94. The molecular formula is C25H43S2. The first-order chi connectivity index (χ1) is 13.3. The molecule has 0 aliphatic carbocycles. The third-order valence-electron chi connectivity index (χ3n) is 5.03. The molecule has 0 aliphatic heterocycles. The van der Waals surface area contributed by atoms with Gasteiger partial charge in [-0.3, -0.25) is 0 Å². The molecule has 155 valence electrons. The van der Waals surface area contributed by atoms with Crippen LogP contribution in [0.5, 0.6) is 0 Å². The quantitative estimate of drug-likeness (QED) is 0.175. The maximum Gasteiger partial charge on any atom is 0.0115 e. The molecular weight excluding hydrogens is 364 g/mol. The molecule has 0 atom stereocenters. The summed E-state index contributed by atoms with van der Waals surface area (Å²) in [5, 5.41) is 0. The van der Waals surface area contributed by atoms with E-state index < -0.39 is 0 Å². The average molecular weight is 408 g/mol. The predicted molar refractivity (Wildman–Crippen MR) is 128 cm³/mol. The van der Waals surface area contributed by atoms with Crippen LogP contribution in [-0.2, 0) is 6.42 Å². The van der Waals surface area contributed by atoms with Crippen LogP contribution in [0.25, 0.3) is 0 Å². The van der Waals surface area contributed by atoms with Crippen molar-refractivity contribution >= 4 is 23.5 Å². The van der Waals surface area contributed by atoms with E-state index in [2.05, 4.69) is 62.5 Å². The van der Waals surface area contributed by atoms with Gasteiger partial charge in [0.15, 0.2) is 0 Å². The minimum Gasteiger partial charge on any atom is -0.126 e. The second-order valence-electron chi connectivity index (χ2n) is 7.57. The van der Waals surface area contributed by atoms with Crippen molar-refractivity contribution in [3.63, 3.8) is 0 Å². The van der Waals surface area contributed by atoms with Gasteiger partial charge < -0.3 is 0 Å². The van der Waals surface area contributed by atoms with Crippen LogP contribution in [-0.4, -0.2) is 11.5 Å². The van der Waals surface area contributed by atoms with Gasteiger partial charge in [0.05, 0.1) is 0 Å². The fourth-order valence-electron chi connectivity index (χ4n) is 3.37. The topological polar surface area (TPSA) is 0 Å². The molecule has 0 spiro atoms. The molecule has 1 aromatic rings. The number of thioether (sulfide) groups is 2. The standard InChI is InChI=1S/C25H43S2/c1-4-7-9-11-13-15-21-26-24-19-17-20-25(23(24)18-6-3)27-22-16-14-12-10-8-5-2/h17,19-20H,3-16,18,21-22H2,1-2H3. The zero-order chi connectivity index (χ0) is 19.6. The molecule has 1 rings (SSSR count). The Morgan fingerprint density at radius 1 is 0.667 bits per heavy atom. The summed E-state index contributed by atoms with van der Waals surface area (Å²) in [5.74, 6) is 2.53. The van der Waals surface area contributed by atoms with Gasteiger partial charge in [-0.25, -0.2) is 0 Å². The zero-order valence-corrected chi connectivity index (χ0v) is 19.7. The van der Waals surface area contributed by atoms with Crippen LogP contribution in [0.3, 0.4) is 0 Å². The van der Waals surface area contributed by atoms with Gasteiger partial charge in [-0.2, -0.15) is 0 Å². The minimum absolute atomic E-state index is 0.999. The van der Waals surface area contributed by atoms with Gasteiger partial charge in [0, 0.05) is 9.79 Å². The molecule has 0 aromatic heterocycles. The molecule has 27 heavy (non-hydrogen) atoms. The molecule has 0 nitrogen and oxygen atoms in total. The lowest BCUT2D eigenvalue weighted by molar-refractivity contribution is 0.627. The Labute approximate surface area is 179 Å². The monoisotopic (exact) mass is 407 g/mol. The minimum atomic E-state index is 0.999. The van der Waals surface area contributed by atoms with Crippen molar-refractivity contribution < 1.29 is 0 Å². The van der Waals surface area contributed by atoms with Crippen molar-refractivity contribution in [2.75, 3.05) is 11.5 Å². The van der Waals surface area contributed by atoms with Crippen molar-refractivity contribution in [1.82, 2.24) is 0 Å². The number of unbranched alkanes of at least 4 members (excludes halogenated alkanes) is 10. The third kappa shape index (κ3) is 12.2. The Morgan fingerprint density at radius 2 is 1.11 bits per heavy atom. The molecule has 0 unspecified atom stereocenters. The largest absolute Gasteiger partial charge is 0.126 e. The molecule has 0 fully saturated rings. The fraction of sp³-hybridized carbons (Fsp3) is 0.720. The molecule has 0 N–H and O–H groups in total. The lowest BCUT2D eigenvalue weighted by atomic mass is 10.1.